The van der Waals surface area contributed by atoms with E-state index in [4.69, 9.17) is 15.3 Å². The fourth-order valence-electron chi connectivity index (χ4n) is 0.780. The highest BCUT2D eigenvalue weighted by molar-refractivity contribution is 6.33. The Morgan fingerprint density at radius 2 is 2.15 bits per heavy atom. The largest absolute Gasteiger partial charge is 0.707 e. The third-order valence-electron chi connectivity index (χ3n) is 1.29. The van der Waals surface area contributed by atoms with E-state index in [-0.39, 0.29) is 11.3 Å². The first-order valence-electron chi connectivity index (χ1n) is 3.36. The Bertz CT molecular complexity index is 350. The maximum atomic E-state index is 12.9. The molecule has 0 fully saturated rings. The van der Waals surface area contributed by atoms with Gasteiger partial charge in [-0.3, -0.25) is 0 Å². The van der Waals surface area contributed by atoms with E-state index in [1.807, 2.05) is 0 Å². The molecule has 0 aliphatic rings. The van der Waals surface area contributed by atoms with Gasteiger partial charge < -0.3 is 14.7 Å². The third-order valence-corrected chi connectivity index (χ3v) is 1.29. The average Bonchev–Trinajstić information content (AvgIpc) is 2.08. The van der Waals surface area contributed by atoms with Crippen molar-refractivity contribution in [2.45, 2.75) is 0 Å². The normalized spacial score (nSPS) is 9.08. The van der Waals surface area contributed by atoms with Gasteiger partial charge in [0.05, 0.1) is 11.6 Å². The van der Waals surface area contributed by atoms with Gasteiger partial charge in [-0.15, -0.1) is 0 Å². The molecular weight excluding hydrogens is 176 g/mol. The van der Waals surface area contributed by atoms with Crippen molar-refractivity contribution >= 4 is 7.32 Å². The molecule has 1 aromatic rings. The minimum Gasteiger partial charge on any atom is -0.510 e. The molecule has 13 heavy (non-hydrogen) atoms. The lowest BCUT2D eigenvalue weighted by molar-refractivity contribution is 0.281. The maximum absolute atomic E-state index is 12.9. The molecule has 0 amide bonds. The third kappa shape index (κ3) is 2.44. The molecule has 2 N–H and O–H groups in total. The highest BCUT2D eigenvalue weighted by Crippen LogP contribution is 2.17. The van der Waals surface area contributed by atoms with Crippen LogP contribution < -0.4 is 4.65 Å². The molecule has 0 atom stereocenters. The highest BCUT2D eigenvalue weighted by Gasteiger charge is 2.14. The number of rotatable bonds is 2. The minimum atomic E-state index is -2.07. The van der Waals surface area contributed by atoms with E-state index in [9.17, 15) is 4.39 Å². The quantitative estimate of drug-likeness (QED) is 0.631. The van der Waals surface area contributed by atoms with Crippen molar-refractivity contribution in [1.29, 1.82) is 5.26 Å². The summed E-state index contributed by atoms with van der Waals surface area (Å²) in [6, 6.07) is 5.12. The van der Waals surface area contributed by atoms with Crippen LogP contribution in [0.25, 0.3) is 0 Å². The Morgan fingerprint density at radius 1 is 1.46 bits per heavy atom. The molecule has 1 aromatic carbocycles. The number of benzene rings is 1. The van der Waals surface area contributed by atoms with Gasteiger partial charge in [-0.25, -0.2) is 4.39 Å². The zero-order chi connectivity index (χ0) is 9.84. The number of hydrogen-bond acceptors (Lipinski definition) is 4. The smallest absolute Gasteiger partial charge is 0.510 e. The van der Waals surface area contributed by atoms with Crippen LogP contribution in [0.1, 0.15) is 5.56 Å². The lowest BCUT2D eigenvalue weighted by Crippen LogP contribution is -2.21. The topological polar surface area (TPSA) is 73.5 Å². The van der Waals surface area contributed by atoms with Crippen LogP contribution >= 0.6 is 0 Å². The second-order valence-electron chi connectivity index (χ2n) is 2.20. The van der Waals surface area contributed by atoms with Gasteiger partial charge in [0.15, 0.2) is 5.82 Å². The van der Waals surface area contributed by atoms with Crippen LogP contribution in [0.5, 0.6) is 5.75 Å². The van der Waals surface area contributed by atoms with Gasteiger partial charge in [-0.1, -0.05) is 0 Å². The lowest BCUT2D eigenvalue weighted by atomic mass is 10.2. The van der Waals surface area contributed by atoms with Gasteiger partial charge in [0.25, 0.3) is 0 Å². The molecule has 0 aliphatic carbocycles. The molecular formula is C7H5BFNO3. The van der Waals surface area contributed by atoms with Crippen molar-refractivity contribution in [3.05, 3.63) is 29.6 Å². The maximum Gasteiger partial charge on any atom is 0.707 e. The summed E-state index contributed by atoms with van der Waals surface area (Å²) in [6.07, 6.45) is 0. The van der Waals surface area contributed by atoms with Crippen molar-refractivity contribution < 1.29 is 19.1 Å². The molecule has 6 heteroatoms. The van der Waals surface area contributed by atoms with Gasteiger partial charge in [0, 0.05) is 0 Å². The zero-order valence-corrected chi connectivity index (χ0v) is 6.44. The second kappa shape index (κ2) is 3.89. The van der Waals surface area contributed by atoms with Crippen molar-refractivity contribution in [2.24, 2.45) is 0 Å². The van der Waals surface area contributed by atoms with Crippen LogP contribution in [0.2, 0.25) is 0 Å². The van der Waals surface area contributed by atoms with E-state index >= 15 is 0 Å². The Labute approximate surface area is 74.0 Å². The van der Waals surface area contributed by atoms with Crippen LogP contribution in [0.4, 0.5) is 4.39 Å². The number of hydrogen-bond donors (Lipinski definition) is 2. The molecule has 0 heterocycles. The second-order valence-corrected chi connectivity index (χ2v) is 2.20. The van der Waals surface area contributed by atoms with E-state index in [2.05, 4.69) is 4.65 Å². The van der Waals surface area contributed by atoms with E-state index in [0.29, 0.717) is 0 Å². The van der Waals surface area contributed by atoms with E-state index in [1.54, 1.807) is 6.07 Å². The fourth-order valence-corrected chi connectivity index (χ4v) is 0.780. The van der Waals surface area contributed by atoms with Crippen molar-refractivity contribution in [3.8, 4) is 11.8 Å². The first kappa shape index (κ1) is 9.51. The van der Waals surface area contributed by atoms with Gasteiger partial charge in [-0.2, -0.15) is 5.26 Å². The zero-order valence-electron chi connectivity index (χ0n) is 6.44. The molecule has 1 rings (SSSR count). The summed E-state index contributed by atoms with van der Waals surface area (Å²) >= 11 is 0. The van der Waals surface area contributed by atoms with Crippen molar-refractivity contribution in [3.63, 3.8) is 0 Å². The van der Waals surface area contributed by atoms with Gasteiger partial charge >= 0.3 is 7.32 Å². The summed E-state index contributed by atoms with van der Waals surface area (Å²) in [4.78, 5) is 0. The van der Waals surface area contributed by atoms with Crippen LogP contribution in [0, 0.1) is 17.1 Å². The van der Waals surface area contributed by atoms with Gasteiger partial charge in [0.2, 0.25) is 0 Å². The Balaban J connectivity index is 2.93. The van der Waals surface area contributed by atoms with Gasteiger partial charge in [0.1, 0.15) is 5.75 Å². The molecule has 4 nitrogen and oxygen atoms in total. The summed E-state index contributed by atoms with van der Waals surface area (Å²) in [5.41, 5.74) is 0.136. The van der Waals surface area contributed by atoms with E-state index in [0.717, 1.165) is 12.1 Å². The van der Waals surface area contributed by atoms with Crippen LogP contribution in [0.3, 0.4) is 0 Å². The van der Waals surface area contributed by atoms with Crippen molar-refractivity contribution in [1.82, 2.24) is 0 Å². The standard InChI is InChI=1S/C7H5BFNO3/c9-6-3-5(4-10)1-2-7(6)13-8(11)12/h1-3,11-12H. The molecule has 0 saturated carbocycles. The monoisotopic (exact) mass is 181 g/mol. The molecule has 0 aliphatic heterocycles. The number of halogens is 1. The lowest BCUT2D eigenvalue weighted by Gasteiger charge is -2.04. The number of nitriles is 1. The molecule has 0 bridgehead atoms. The average molecular weight is 181 g/mol. The SMILES string of the molecule is N#Cc1ccc(OB(O)O)c(F)c1. The first-order chi connectivity index (χ1) is 6.13. The predicted molar refractivity (Wildman–Crippen MR) is 41.9 cm³/mol. The summed E-state index contributed by atoms with van der Waals surface area (Å²) < 4.78 is 17.2. The fraction of sp³-hybridized carbons (Fsp3) is 0. The van der Waals surface area contributed by atoms with E-state index in [1.165, 1.54) is 6.07 Å². The summed E-state index contributed by atoms with van der Waals surface area (Å²) in [5.74, 6) is -1.12. The van der Waals surface area contributed by atoms with Crippen molar-refractivity contribution in [2.75, 3.05) is 0 Å². The Kier molecular flexibility index (Phi) is 2.85. The van der Waals surface area contributed by atoms with Crippen LogP contribution in [-0.2, 0) is 0 Å². The van der Waals surface area contributed by atoms with Gasteiger partial charge in [-0.05, 0) is 18.2 Å². The summed E-state index contributed by atoms with van der Waals surface area (Å²) in [6.45, 7) is 0. The highest BCUT2D eigenvalue weighted by atomic mass is 19.1. The Morgan fingerprint density at radius 3 is 2.62 bits per heavy atom. The van der Waals surface area contributed by atoms with Crippen LogP contribution in [0.15, 0.2) is 18.2 Å². The molecule has 66 valence electrons. The molecule has 0 radical (unpaired) electrons. The summed E-state index contributed by atoms with van der Waals surface area (Å²) in [5, 5.41) is 25.1. The summed E-state index contributed by atoms with van der Waals surface area (Å²) in [7, 11) is -2.07. The first-order valence-corrected chi connectivity index (χ1v) is 3.36. The molecule has 0 aromatic heterocycles. The Hall–Kier alpha value is -1.58. The molecule has 0 saturated heterocycles. The van der Waals surface area contributed by atoms with E-state index < -0.39 is 13.1 Å². The number of nitrogens with zero attached hydrogens (tertiary/aromatic N) is 1. The van der Waals surface area contributed by atoms with Crippen LogP contribution in [-0.4, -0.2) is 17.4 Å². The predicted octanol–water partition coefficient (Wildman–Crippen LogP) is 0.0457. The molecule has 0 spiro atoms. The molecule has 0 unspecified atom stereocenters. The minimum absolute atomic E-state index is 0.136.